The highest BCUT2D eigenvalue weighted by atomic mass is 16.3. The first kappa shape index (κ1) is 18.7. The summed E-state index contributed by atoms with van der Waals surface area (Å²) >= 11 is 0. The highest BCUT2D eigenvalue weighted by molar-refractivity contribution is 5.75. The van der Waals surface area contributed by atoms with E-state index in [2.05, 4.69) is 37.4 Å². The fraction of sp³-hybridized carbons (Fsp3) is 0.632. The van der Waals surface area contributed by atoms with Gasteiger partial charge in [0.2, 0.25) is 0 Å². The Bertz CT molecular complexity index is 572. The van der Waals surface area contributed by atoms with Gasteiger partial charge in [0, 0.05) is 6.54 Å². The van der Waals surface area contributed by atoms with Crippen LogP contribution in [-0.2, 0) is 6.42 Å². The largest absolute Gasteiger partial charge is 0.394 e. The van der Waals surface area contributed by atoms with Crippen molar-refractivity contribution >= 4 is 6.03 Å². The molecule has 0 bridgehead atoms. The van der Waals surface area contributed by atoms with Crippen LogP contribution in [0.3, 0.4) is 0 Å². The number of fused-ring (bicyclic) bond motifs is 1. The van der Waals surface area contributed by atoms with Crippen molar-refractivity contribution in [2.75, 3.05) is 13.2 Å². The maximum Gasteiger partial charge on any atom is 0.318 e. The highest BCUT2D eigenvalue weighted by Crippen LogP contribution is 2.33. The minimum atomic E-state index is -0.631. The minimum absolute atomic E-state index is 0.00593. The van der Waals surface area contributed by atoms with Gasteiger partial charge in [-0.25, -0.2) is 4.79 Å². The lowest BCUT2D eigenvalue weighted by Crippen LogP contribution is -2.49. The molecule has 0 radical (unpaired) electrons. The van der Waals surface area contributed by atoms with E-state index in [0.29, 0.717) is 5.92 Å². The number of hydrogen-bond donors (Lipinski definition) is 3. The standard InChI is InChI=1S/C19H30N2O3/c1-12(2)16-6-5-15-7-8-18(17(15)9-16)20-19(24)21(10-14(4)23)13(3)11-22/h5-6,9,12-14,18,22-23H,7-8,10-11H2,1-4H3,(H,20,24)/t13-,14+,18+/m1/s1. The predicted molar refractivity (Wildman–Crippen MR) is 95.1 cm³/mol. The second-order valence-electron chi connectivity index (χ2n) is 7.19. The van der Waals surface area contributed by atoms with Crippen LogP contribution in [0, 0.1) is 0 Å². The van der Waals surface area contributed by atoms with E-state index >= 15 is 0 Å². The molecular formula is C19H30N2O3. The van der Waals surface area contributed by atoms with Crippen LogP contribution in [0.5, 0.6) is 0 Å². The second kappa shape index (κ2) is 7.99. The predicted octanol–water partition coefficient (Wildman–Crippen LogP) is 2.57. The lowest BCUT2D eigenvalue weighted by molar-refractivity contribution is 0.0924. The number of rotatable bonds is 6. The first-order valence-corrected chi connectivity index (χ1v) is 8.82. The lowest BCUT2D eigenvalue weighted by atomic mass is 9.97. The van der Waals surface area contributed by atoms with Crippen LogP contribution >= 0.6 is 0 Å². The number of aliphatic hydroxyl groups is 2. The molecule has 2 rings (SSSR count). The van der Waals surface area contributed by atoms with Crippen LogP contribution in [-0.4, -0.2) is 46.4 Å². The first-order valence-electron chi connectivity index (χ1n) is 8.82. The quantitative estimate of drug-likeness (QED) is 0.749. The molecule has 3 atom stereocenters. The molecule has 2 amide bonds. The fourth-order valence-corrected chi connectivity index (χ4v) is 3.21. The Morgan fingerprint density at radius 2 is 2.04 bits per heavy atom. The number of nitrogens with one attached hydrogen (secondary N) is 1. The van der Waals surface area contributed by atoms with Gasteiger partial charge in [0.15, 0.2) is 0 Å². The van der Waals surface area contributed by atoms with Gasteiger partial charge in [-0.3, -0.25) is 0 Å². The van der Waals surface area contributed by atoms with Gasteiger partial charge in [0.05, 0.1) is 24.8 Å². The summed E-state index contributed by atoms with van der Waals surface area (Å²) in [5.41, 5.74) is 3.77. The Morgan fingerprint density at radius 1 is 1.33 bits per heavy atom. The Morgan fingerprint density at radius 3 is 2.62 bits per heavy atom. The smallest absolute Gasteiger partial charge is 0.318 e. The molecule has 0 saturated carbocycles. The highest BCUT2D eigenvalue weighted by Gasteiger charge is 2.28. The summed E-state index contributed by atoms with van der Waals surface area (Å²) in [5.74, 6) is 0.452. The van der Waals surface area contributed by atoms with Crippen LogP contribution < -0.4 is 5.32 Å². The number of urea groups is 1. The third kappa shape index (κ3) is 4.28. The summed E-state index contributed by atoms with van der Waals surface area (Å²) in [6.45, 7) is 7.83. The van der Waals surface area contributed by atoms with Crippen LogP contribution in [0.4, 0.5) is 4.79 Å². The van der Waals surface area contributed by atoms with Gasteiger partial charge < -0.3 is 20.4 Å². The Balaban J connectivity index is 2.14. The van der Waals surface area contributed by atoms with Crippen molar-refractivity contribution in [3.05, 3.63) is 34.9 Å². The molecule has 0 aromatic heterocycles. The van der Waals surface area contributed by atoms with E-state index in [0.717, 1.165) is 12.8 Å². The molecule has 0 heterocycles. The molecule has 0 spiro atoms. The van der Waals surface area contributed by atoms with Crippen molar-refractivity contribution in [3.63, 3.8) is 0 Å². The van der Waals surface area contributed by atoms with E-state index in [1.807, 2.05) is 0 Å². The number of amides is 2. The normalized spacial score (nSPS) is 19.0. The molecule has 134 valence electrons. The number of benzene rings is 1. The monoisotopic (exact) mass is 334 g/mol. The summed E-state index contributed by atoms with van der Waals surface area (Å²) in [6, 6.07) is 5.97. The Labute approximate surface area is 144 Å². The topological polar surface area (TPSA) is 72.8 Å². The molecule has 5 heteroatoms. The molecule has 5 nitrogen and oxygen atoms in total. The summed E-state index contributed by atoms with van der Waals surface area (Å²) in [6.07, 6.45) is 1.22. The Hall–Kier alpha value is -1.59. The average Bonchev–Trinajstić information content (AvgIpc) is 2.93. The number of aliphatic hydroxyl groups excluding tert-OH is 2. The molecule has 1 aliphatic rings. The van der Waals surface area contributed by atoms with Gasteiger partial charge in [-0.05, 0) is 49.3 Å². The van der Waals surface area contributed by atoms with E-state index in [4.69, 9.17) is 0 Å². The van der Waals surface area contributed by atoms with Crippen molar-refractivity contribution in [1.29, 1.82) is 0 Å². The summed E-state index contributed by atoms with van der Waals surface area (Å²) in [4.78, 5) is 14.2. The van der Waals surface area contributed by atoms with E-state index in [1.165, 1.54) is 21.6 Å². The van der Waals surface area contributed by atoms with Gasteiger partial charge in [0.1, 0.15) is 0 Å². The number of hydrogen-bond acceptors (Lipinski definition) is 3. The molecule has 1 aromatic carbocycles. The number of aryl methyl sites for hydroxylation is 1. The maximum atomic E-state index is 12.7. The van der Waals surface area contributed by atoms with Crippen molar-refractivity contribution in [3.8, 4) is 0 Å². The molecule has 0 saturated heterocycles. The van der Waals surface area contributed by atoms with Crippen LogP contribution in [0.2, 0.25) is 0 Å². The molecule has 0 unspecified atom stereocenters. The molecule has 1 aromatic rings. The van der Waals surface area contributed by atoms with Crippen molar-refractivity contribution in [2.45, 2.75) is 64.6 Å². The molecule has 0 fully saturated rings. The first-order chi connectivity index (χ1) is 11.3. The average molecular weight is 334 g/mol. The van der Waals surface area contributed by atoms with Crippen LogP contribution in [0.1, 0.15) is 62.8 Å². The zero-order chi connectivity index (χ0) is 17.9. The third-order valence-corrected chi connectivity index (χ3v) is 4.73. The van der Waals surface area contributed by atoms with Gasteiger partial charge in [-0.15, -0.1) is 0 Å². The van der Waals surface area contributed by atoms with Crippen molar-refractivity contribution in [1.82, 2.24) is 10.2 Å². The number of nitrogens with zero attached hydrogens (tertiary/aromatic N) is 1. The fourth-order valence-electron chi connectivity index (χ4n) is 3.21. The molecular weight excluding hydrogens is 304 g/mol. The van der Waals surface area contributed by atoms with Gasteiger partial charge >= 0.3 is 6.03 Å². The number of carbonyl (C=O) groups is 1. The van der Waals surface area contributed by atoms with Gasteiger partial charge in [0.25, 0.3) is 0 Å². The van der Waals surface area contributed by atoms with Crippen molar-refractivity contribution in [2.24, 2.45) is 0 Å². The van der Waals surface area contributed by atoms with Gasteiger partial charge in [-0.2, -0.15) is 0 Å². The van der Waals surface area contributed by atoms with Crippen LogP contribution in [0.25, 0.3) is 0 Å². The molecule has 24 heavy (non-hydrogen) atoms. The summed E-state index contributed by atoms with van der Waals surface area (Å²) in [7, 11) is 0. The zero-order valence-electron chi connectivity index (χ0n) is 15.1. The number of carbonyl (C=O) groups excluding carboxylic acids is 1. The SMILES string of the molecule is CC(C)c1ccc2c(c1)[C@@H](NC(=O)N(C[C@H](C)O)[C@H](C)CO)CC2. The second-order valence-corrected chi connectivity index (χ2v) is 7.19. The van der Waals surface area contributed by atoms with E-state index in [9.17, 15) is 15.0 Å². The third-order valence-electron chi connectivity index (χ3n) is 4.73. The minimum Gasteiger partial charge on any atom is -0.394 e. The van der Waals surface area contributed by atoms with Crippen molar-refractivity contribution < 1.29 is 15.0 Å². The molecule has 0 aliphatic heterocycles. The zero-order valence-corrected chi connectivity index (χ0v) is 15.1. The van der Waals surface area contributed by atoms with E-state index < -0.39 is 6.10 Å². The van der Waals surface area contributed by atoms with Crippen LogP contribution in [0.15, 0.2) is 18.2 Å². The molecule has 3 N–H and O–H groups in total. The summed E-state index contributed by atoms with van der Waals surface area (Å²) < 4.78 is 0. The maximum absolute atomic E-state index is 12.7. The molecule has 1 aliphatic carbocycles. The summed E-state index contributed by atoms with van der Waals surface area (Å²) in [5, 5.41) is 22.1. The van der Waals surface area contributed by atoms with E-state index in [1.54, 1.807) is 13.8 Å². The van der Waals surface area contributed by atoms with E-state index in [-0.39, 0.29) is 31.3 Å². The lowest BCUT2D eigenvalue weighted by Gasteiger charge is -2.30. The van der Waals surface area contributed by atoms with Gasteiger partial charge in [-0.1, -0.05) is 32.0 Å². The Kier molecular flexibility index (Phi) is 6.24.